The quantitative estimate of drug-likeness (QED) is 0.371. The zero-order chi connectivity index (χ0) is 24.2. The van der Waals surface area contributed by atoms with Crippen LogP contribution in [0.1, 0.15) is 56.4 Å². The summed E-state index contributed by atoms with van der Waals surface area (Å²) < 4.78 is 10.1. The molecule has 1 amide bonds. The number of amides is 1. The second kappa shape index (κ2) is 13.5. The number of carbonyl (C=O) groups excluding carboxylic acids is 2. The van der Waals surface area contributed by atoms with Crippen LogP contribution in [0.4, 0.5) is 5.82 Å². The molecule has 8 nitrogen and oxygen atoms in total. The Hall–Kier alpha value is -3.16. The first kappa shape index (κ1) is 25.5. The fourth-order valence-corrected chi connectivity index (χ4v) is 4.41. The molecule has 1 atom stereocenters. The highest BCUT2D eigenvalue weighted by Crippen LogP contribution is 2.31. The van der Waals surface area contributed by atoms with Crippen molar-refractivity contribution in [2.75, 3.05) is 39.2 Å². The highest BCUT2D eigenvalue weighted by molar-refractivity contribution is 5.76. The Morgan fingerprint density at radius 2 is 1.97 bits per heavy atom. The first-order chi connectivity index (χ1) is 16.6. The van der Waals surface area contributed by atoms with Gasteiger partial charge in [-0.2, -0.15) is 0 Å². The van der Waals surface area contributed by atoms with Crippen molar-refractivity contribution in [3.8, 4) is 5.88 Å². The number of hydrogen-bond donors (Lipinski definition) is 1. The molecule has 0 radical (unpaired) electrons. The minimum Gasteiger partial charge on any atom is -0.481 e. The van der Waals surface area contributed by atoms with Crippen molar-refractivity contribution in [2.24, 2.45) is 5.92 Å². The van der Waals surface area contributed by atoms with Gasteiger partial charge in [0.25, 0.3) is 0 Å². The molecule has 2 aromatic heterocycles. The monoisotopic (exact) mass is 468 g/mol. The van der Waals surface area contributed by atoms with E-state index in [1.807, 2.05) is 35.2 Å². The van der Waals surface area contributed by atoms with Crippen LogP contribution in [0.5, 0.6) is 5.88 Å². The molecule has 0 saturated carbocycles. The molecule has 1 aliphatic heterocycles. The summed E-state index contributed by atoms with van der Waals surface area (Å²) in [5.41, 5.74) is 1.03. The van der Waals surface area contributed by atoms with E-state index in [-0.39, 0.29) is 17.8 Å². The second-order valence-corrected chi connectivity index (χ2v) is 8.76. The van der Waals surface area contributed by atoms with Crippen molar-refractivity contribution in [3.05, 3.63) is 48.3 Å². The Labute approximate surface area is 202 Å². The molecule has 1 fully saturated rings. The lowest BCUT2D eigenvalue weighted by Gasteiger charge is -2.32. The summed E-state index contributed by atoms with van der Waals surface area (Å²) in [6.45, 7) is 2.35. The summed E-state index contributed by atoms with van der Waals surface area (Å²) in [6.07, 6.45) is 9.14. The molecule has 0 aliphatic carbocycles. The number of nitrogens with zero attached hydrogens (tertiary/aromatic N) is 3. The van der Waals surface area contributed by atoms with Gasteiger partial charge in [0.1, 0.15) is 5.82 Å². The third-order valence-electron chi connectivity index (χ3n) is 6.51. The zero-order valence-corrected chi connectivity index (χ0v) is 20.2. The van der Waals surface area contributed by atoms with Crippen LogP contribution >= 0.6 is 0 Å². The van der Waals surface area contributed by atoms with Crippen LogP contribution in [0.25, 0.3) is 0 Å². The maximum Gasteiger partial charge on any atom is 0.306 e. The molecule has 0 bridgehead atoms. The Bertz CT molecular complexity index is 883. The zero-order valence-electron chi connectivity index (χ0n) is 20.2. The number of esters is 1. The number of aromatic nitrogens is 2. The topological polar surface area (TPSA) is 93.7 Å². The molecule has 8 heteroatoms. The van der Waals surface area contributed by atoms with E-state index < -0.39 is 0 Å². The van der Waals surface area contributed by atoms with Crippen molar-refractivity contribution >= 4 is 17.7 Å². The SMILES string of the molecule is COC(=O)CC(CCC1CCN(C(=O)CCCNc2ccccn2)CC1)c1ccc(OC)nc1. The number of piperidine rings is 1. The van der Waals surface area contributed by atoms with E-state index in [9.17, 15) is 9.59 Å². The normalized spacial score (nSPS) is 14.9. The molecule has 3 rings (SSSR count). The molecule has 1 N–H and O–H groups in total. The fraction of sp³-hybridized carbons (Fsp3) is 0.538. The third-order valence-corrected chi connectivity index (χ3v) is 6.51. The molecule has 1 aliphatic rings. The molecule has 1 saturated heterocycles. The van der Waals surface area contributed by atoms with Gasteiger partial charge in [0, 0.05) is 44.5 Å². The third kappa shape index (κ3) is 8.01. The molecule has 34 heavy (non-hydrogen) atoms. The van der Waals surface area contributed by atoms with Gasteiger partial charge in [-0.05, 0) is 61.6 Å². The summed E-state index contributed by atoms with van der Waals surface area (Å²) >= 11 is 0. The summed E-state index contributed by atoms with van der Waals surface area (Å²) in [4.78, 5) is 35.1. The van der Waals surface area contributed by atoms with Crippen LogP contribution in [-0.4, -0.2) is 60.6 Å². The van der Waals surface area contributed by atoms with E-state index in [0.717, 1.165) is 63.1 Å². The van der Waals surface area contributed by atoms with E-state index >= 15 is 0 Å². The number of hydrogen-bond acceptors (Lipinski definition) is 7. The fourth-order valence-electron chi connectivity index (χ4n) is 4.41. The maximum atomic E-state index is 12.6. The minimum absolute atomic E-state index is 0.0668. The molecular formula is C26H36N4O4. The molecular weight excluding hydrogens is 432 g/mol. The Kier molecular flexibility index (Phi) is 10.1. The largest absolute Gasteiger partial charge is 0.481 e. The second-order valence-electron chi connectivity index (χ2n) is 8.76. The van der Waals surface area contributed by atoms with Gasteiger partial charge in [-0.1, -0.05) is 12.1 Å². The van der Waals surface area contributed by atoms with Crippen LogP contribution in [-0.2, 0) is 14.3 Å². The van der Waals surface area contributed by atoms with Gasteiger partial charge in [-0.15, -0.1) is 0 Å². The van der Waals surface area contributed by atoms with Gasteiger partial charge < -0.3 is 19.7 Å². The molecule has 0 spiro atoms. The number of carbonyl (C=O) groups is 2. The van der Waals surface area contributed by atoms with Crippen LogP contribution in [0.15, 0.2) is 42.7 Å². The van der Waals surface area contributed by atoms with Crippen LogP contribution < -0.4 is 10.1 Å². The molecule has 3 heterocycles. The molecule has 184 valence electrons. The van der Waals surface area contributed by atoms with Gasteiger partial charge in [-0.25, -0.2) is 9.97 Å². The van der Waals surface area contributed by atoms with Gasteiger partial charge in [0.05, 0.1) is 20.6 Å². The number of anilines is 1. The smallest absolute Gasteiger partial charge is 0.306 e. The van der Waals surface area contributed by atoms with E-state index in [1.165, 1.54) is 7.11 Å². The Morgan fingerprint density at radius 3 is 2.62 bits per heavy atom. The van der Waals surface area contributed by atoms with Crippen molar-refractivity contribution in [1.29, 1.82) is 0 Å². The average Bonchev–Trinajstić information content (AvgIpc) is 2.89. The number of pyridine rings is 2. The number of methoxy groups -OCH3 is 2. The highest BCUT2D eigenvalue weighted by atomic mass is 16.5. The summed E-state index contributed by atoms with van der Waals surface area (Å²) in [6, 6.07) is 9.55. The summed E-state index contributed by atoms with van der Waals surface area (Å²) in [7, 11) is 3.01. The number of likely N-dealkylation sites (tertiary alicyclic amines) is 1. The first-order valence-electron chi connectivity index (χ1n) is 12.1. The highest BCUT2D eigenvalue weighted by Gasteiger charge is 2.24. The lowest BCUT2D eigenvalue weighted by molar-refractivity contribution is -0.141. The van der Waals surface area contributed by atoms with Crippen LogP contribution in [0.3, 0.4) is 0 Å². The summed E-state index contributed by atoms with van der Waals surface area (Å²) in [5, 5.41) is 3.25. The summed E-state index contributed by atoms with van der Waals surface area (Å²) in [5.74, 6) is 2.04. The number of rotatable bonds is 12. The van der Waals surface area contributed by atoms with Crippen molar-refractivity contribution < 1.29 is 19.1 Å². The predicted molar refractivity (Wildman–Crippen MR) is 131 cm³/mol. The standard InChI is InChI=1S/C26H36N4O4/c1-33-24-11-10-22(19-29-24)21(18-26(32)34-2)9-8-20-12-16-30(17-13-20)25(31)7-5-15-28-23-6-3-4-14-27-23/h3-4,6,10-11,14,19-21H,5,7-9,12-13,15-18H2,1-2H3,(H,27,28). The van der Waals surface area contributed by atoms with Gasteiger partial charge in [-0.3, -0.25) is 9.59 Å². The lowest BCUT2D eigenvalue weighted by atomic mass is 9.85. The van der Waals surface area contributed by atoms with E-state index in [2.05, 4.69) is 15.3 Å². The van der Waals surface area contributed by atoms with Gasteiger partial charge in [0.15, 0.2) is 0 Å². The van der Waals surface area contributed by atoms with Crippen molar-refractivity contribution in [3.63, 3.8) is 0 Å². The van der Waals surface area contributed by atoms with E-state index in [4.69, 9.17) is 9.47 Å². The molecule has 2 aromatic rings. The molecule has 0 aromatic carbocycles. The lowest BCUT2D eigenvalue weighted by Crippen LogP contribution is -2.38. The maximum absolute atomic E-state index is 12.6. The Morgan fingerprint density at radius 1 is 1.15 bits per heavy atom. The average molecular weight is 469 g/mol. The Balaban J connectivity index is 1.39. The van der Waals surface area contributed by atoms with E-state index in [0.29, 0.717) is 24.6 Å². The van der Waals surface area contributed by atoms with Crippen molar-refractivity contribution in [2.45, 2.75) is 50.9 Å². The predicted octanol–water partition coefficient (Wildman–Crippen LogP) is 4.04. The van der Waals surface area contributed by atoms with E-state index in [1.54, 1.807) is 19.5 Å². The minimum atomic E-state index is -0.209. The van der Waals surface area contributed by atoms with Crippen molar-refractivity contribution in [1.82, 2.24) is 14.9 Å². The van der Waals surface area contributed by atoms with Crippen LogP contribution in [0.2, 0.25) is 0 Å². The van der Waals surface area contributed by atoms with Gasteiger partial charge in [0.2, 0.25) is 11.8 Å². The number of ether oxygens (including phenoxy) is 2. The van der Waals surface area contributed by atoms with Gasteiger partial charge >= 0.3 is 5.97 Å². The van der Waals surface area contributed by atoms with Crippen LogP contribution in [0, 0.1) is 5.92 Å². The molecule has 1 unspecified atom stereocenters. The number of nitrogens with one attached hydrogen (secondary N) is 1. The first-order valence-corrected chi connectivity index (χ1v) is 12.1.